The molecule has 18 heavy (non-hydrogen) atoms. The number of nitrogens with zero attached hydrogens (tertiary/aromatic N) is 1. The first kappa shape index (κ1) is 12.3. The summed E-state index contributed by atoms with van der Waals surface area (Å²) < 4.78 is 12.8. The summed E-state index contributed by atoms with van der Waals surface area (Å²) >= 11 is 0. The maximum absolute atomic E-state index is 12.8. The zero-order chi connectivity index (χ0) is 12.8. The summed E-state index contributed by atoms with van der Waals surface area (Å²) in [7, 11) is 1.52. The highest BCUT2D eigenvalue weighted by Crippen LogP contribution is 2.10. The molecular formula is C15H14FNO. The van der Waals surface area contributed by atoms with Gasteiger partial charge in [0.1, 0.15) is 12.9 Å². The van der Waals surface area contributed by atoms with Crippen LogP contribution in [0.15, 0.2) is 59.8 Å². The molecule has 2 nitrogen and oxygen atoms in total. The Kier molecular flexibility index (Phi) is 4.07. The number of hydrogen-bond acceptors (Lipinski definition) is 2. The highest BCUT2D eigenvalue weighted by Gasteiger charge is 2.05. The second kappa shape index (κ2) is 5.96. The van der Waals surface area contributed by atoms with Gasteiger partial charge in [-0.15, -0.1) is 0 Å². The maximum atomic E-state index is 12.8. The van der Waals surface area contributed by atoms with Gasteiger partial charge < -0.3 is 4.84 Å². The SMILES string of the molecule is CO/N=C(/Cc1ccc(F)cc1)c1ccccc1. The molecule has 0 heterocycles. The molecule has 2 aromatic carbocycles. The minimum Gasteiger partial charge on any atom is -0.399 e. The summed E-state index contributed by atoms with van der Waals surface area (Å²) in [5.74, 6) is -0.233. The molecule has 0 bridgehead atoms. The van der Waals surface area contributed by atoms with Crippen molar-refractivity contribution in [2.75, 3.05) is 7.11 Å². The molecule has 0 atom stereocenters. The minimum atomic E-state index is -0.233. The molecule has 0 saturated carbocycles. The van der Waals surface area contributed by atoms with Gasteiger partial charge in [-0.1, -0.05) is 47.6 Å². The van der Waals surface area contributed by atoms with Gasteiger partial charge in [0.25, 0.3) is 0 Å². The molecule has 0 aliphatic rings. The molecule has 0 aliphatic heterocycles. The Balaban J connectivity index is 2.22. The fraction of sp³-hybridized carbons (Fsp3) is 0.133. The van der Waals surface area contributed by atoms with Crippen LogP contribution in [-0.2, 0) is 11.3 Å². The van der Waals surface area contributed by atoms with Gasteiger partial charge in [-0.2, -0.15) is 0 Å². The first-order valence-electron chi connectivity index (χ1n) is 5.69. The molecule has 2 aromatic rings. The van der Waals surface area contributed by atoms with Gasteiger partial charge in [0.05, 0.1) is 5.71 Å². The summed E-state index contributed by atoms with van der Waals surface area (Å²) in [6.07, 6.45) is 0.609. The lowest BCUT2D eigenvalue weighted by Crippen LogP contribution is -2.06. The van der Waals surface area contributed by atoms with Crippen molar-refractivity contribution in [2.45, 2.75) is 6.42 Å². The Morgan fingerprint density at radius 3 is 2.33 bits per heavy atom. The van der Waals surface area contributed by atoms with E-state index >= 15 is 0 Å². The van der Waals surface area contributed by atoms with E-state index < -0.39 is 0 Å². The highest BCUT2D eigenvalue weighted by molar-refractivity contribution is 6.01. The monoisotopic (exact) mass is 243 g/mol. The van der Waals surface area contributed by atoms with Crippen LogP contribution in [0.5, 0.6) is 0 Å². The Morgan fingerprint density at radius 1 is 1.06 bits per heavy atom. The normalized spacial score (nSPS) is 11.3. The number of halogens is 1. The van der Waals surface area contributed by atoms with Crippen molar-refractivity contribution < 1.29 is 9.23 Å². The molecule has 0 aromatic heterocycles. The topological polar surface area (TPSA) is 21.6 Å². The van der Waals surface area contributed by atoms with Crippen molar-refractivity contribution in [3.63, 3.8) is 0 Å². The van der Waals surface area contributed by atoms with Gasteiger partial charge in [0, 0.05) is 6.42 Å². The molecule has 0 unspecified atom stereocenters. The zero-order valence-electron chi connectivity index (χ0n) is 10.1. The third kappa shape index (κ3) is 3.17. The lowest BCUT2D eigenvalue weighted by Gasteiger charge is -2.06. The Morgan fingerprint density at radius 2 is 1.72 bits per heavy atom. The van der Waals surface area contributed by atoms with Crippen LogP contribution in [0.1, 0.15) is 11.1 Å². The first-order chi connectivity index (χ1) is 8.79. The average Bonchev–Trinajstić information content (AvgIpc) is 2.42. The van der Waals surface area contributed by atoms with Crippen LogP contribution in [0, 0.1) is 5.82 Å². The molecule has 92 valence electrons. The molecule has 0 fully saturated rings. The van der Waals surface area contributed by atoms with Crippen molar-refractivity contribution in [3.05, 3.63) is 71.5 Å². The quantitative estimate of drug-likeness (QED) is 0.595. The van der Waals surface area contributed by atoms with E-state index in [1.807, 2.05) is 30.3 Å². The first-order valence-corrected chi connectivity index (χ1v) is 5.69. The van der Waals surface area contributed by atoms with Gasteiger partial charge in [-0.05, 0) is 23.3 Å². The fourth-order valence-corrected chi connectivity index (χ4v) is 1.72. The molecule has 0 saturated heterocycles. The molecule has 0 radical (unpaired) electrons. The summed E-state index contributed by atoms with van der Waals surface area (Å²) in [6, 6.07) is 16.2. The van der Waals surface area contributed by atoms with Crippen LogP contribution in [0.2, 0.25) is 0 Å². The van der Waals surface area contributed by atoms with E-state index in [1.54, 1.807) is 12.1 Å². The Bertz CT molecular complexity index is 520. The van der Waals surface area contributed by atoms with E-state index in [2.05, 4.69) is 5.16 Å². The smallest absolute Gasteiger partial charge is 0.123 e. The van der Waals surface area contributed by atoms with Gasteiger partial charge in [0.15, 0.2) is 0 Å². The summed E-state index contributed by atoms with van der Waals surface area (Å²) in [5, 5.41) is 4.04. The van der Waals surface area contributed by atoms with Gasteiger partial charge in [-0.3, -0.25) is 0 Å². The summed E-state index contributed by atoms with van der Waals surface area (Å²) in [4.78, 5) is 4.87. The van der Waals surface area contributed by atoms with E-state index in [-0.39, 0.29) is 5.82 Å². The number of rotatable bonds is 4. The van der Waals surface area contributed by atoms with Crippen molar-refractivity contribution in [3.8, 4) is 0 Å². The molecule has 0 amide bonds. The largest absolute Gasteiger partial charge is 0.399 e. The maximum Gasteiger partial charge on any atom is 0.123 e. The predicted molar refractivity (Wildman–Crippen MR) is 70.1 cm³/mol. The third-order valence-electron chi connectivity index (χ3n) is 2.59. The van der Waals surface area contributed by atoms with E-state index in [1.165, 1.54) is 19.2 Å². The van der Waals surface area contributed by atoms with Crippen molar-refractivity contribution in [2.24, 2.45) is 5.16 Å². The van der Waals surface area contributed by atoms with E-state index in [0.29, 0.717) is 6.42 Å². The zero-order valence-corrected chi connectivity index (χ0v) is 10.1. The molecule has 0 aliphatic carbocycles. The van der Waals surface area contributed by atoms with Crippen molar-refractivity contribution >= 4 is 5.71 Å². The van der Waals surface area contributed by atoms with Gasteiger partial charge in [0.2, 0.25) is 0 Å². The lowest BCUT2D eigenvalue weighted by atomic mass is 10.0. The van der Waals surface area contributed by atoms with Crippen LogP contribution in [-0.4, -0.2) is 12.8 Å². The van der Waals surface area contributed by atoms with Crippen LogP contribution in [0.25, 0.3) is 0 Å². The number of hydrogen-bond donors (Lipinski definition) is 0. The van der Waals surface area contributed by atoms with E-state index in [4.69, 9.17) is 4.84 Å². The second-order valence-electron chi connectivity index (χ2n) is 3.89. The van der Waals surface area contributed by atoms with E-state index in [0.717, 1.165) is 16.8 Å². The third-order valence-corrected chi connectivity index (χ3v) is 2.59. The minimum absolute atomic E-state index is 0.233. The van der Waals surface area contributed by atoms with Gasteiger partial charge in [-0.25, -0.2) is 4.39 Å². The second-order valence-corrected chi connectivity index (χ2v) is 3.89. The van der Waals surface area contributed by atoms with Crippen LogP contribution < -0.4 is 0 Å². The standard InChI is InChI=1S/C15H14FNO/c1-18-17-15(13-5-3-2-4-6-13)11-12-7-9-14(16)10-8-12/h2-10H,11H2,1H3/b17-15-. The summed E-state index contributed by atoms with van der Waals surface area (Å²) in [5.41, 5.74) is 2.82. The lowest BCUT2D eigenvalue weighted by molar-refractivity contribution is 0.213. The fourth-order valence-electron chi connectivity index (χ4n) is 1.72. The van der Waals surface area contributed by atoms with Crippen molar-refractivity contribution in [1.82, 2.24) is 0 Å². The highest BCUT2D eigenvalue weighted by atomic mass is 19.1. The molecular weight excluding hydrogens is 229 g/mol. The summed E-state index contributed by atoms with van der Waals surface area (Å²) in [6.45, 7) is 0. The van der Waals surface area contributed by atoms with E-state index in [9.17, 15) is 4.39 Å². The van der Waals surface area contributed by atoms with Crippen molar-refractivity contribution in [1.29, 1.82) is 0 Å². The van der Waals surface area contributed by atoms with Crippen LogP contribution in [0.4, 0.5) is 4.39 Å². The average molecular weight is 243 g/mol. The molecule has 3 heteroatoms. The number of oxime groups is 1. The Labute approximate surface area is 106 Å². The molecule has 2 rings (SSSR count). The van der Waals surface area contributed by atoms with Gasteiger partial charge >= 0.3 is 0 Å². The van der Waals surface area contributed by atoms with Crippen LogP contribution >= 0.6 is 0 Å². The molecule has 0 spiro atoms. The molecule has 0 N–H and O–H groups in total. The predicted octanol–water partition coefficient (Wildman–Crippen LogP) is 3.42. The Hall–Kier alpha value is -2.16. The number of benzene rings is 2. The van der Waals surface area contributed by atoms with Crippen LogP contribution in [0.3, 0.4) is 0 Å².